The average Bonchev–Trinajstić information content (AvgIpc) is 2.48. The third-order valence-electron chi connectivity index (χ3n) is 3.03. The van der Waals surface area contributed by atoms with Crippen LogP contribution in [0.5, 0.6) is 0 Å². The van der Waals surface area contributed by atoms with E-state index >= 15 is 0 Å². The number of carbonyl (C=O) groups excluding carboxylic acids is 1. The van der Waals surface area contributed by atoms with Crippen molar-refractivity contribution < 1.29 is 9.53 Å². The van der Waals surface area contributed by atoms with E-state index in [4.69, 9.17) is 10.00 Å². The Bertz CT molecular complexity index is 629. The molecule has 2 N–H and O–H groups in total. The molecule has 6 heteroatoms. The molecule has 0 saturated carbocycles. The van der Waals surface area contributed by atoms with Crippen LogP contribution in [0.3, 0.4) is 0 Å². The van der Waals surface area contributed by atoms with E-state index in [1.54, 1.807) is 13.8 Å². The average molecular weight is 284 g/mol. The second-order valence-electron chi connectivity index (χ2n) is 4.41. The molecule has 1 atom stereocenters. The summed E-state index contributed by atoms with van der Waals surface area (Å²) in [7, 11) is 0. The zero-order valence-electron chi connectivity index (χ0n) is 11.9. The molecule has 108 valence electrons. The molecule has 0 saturated heterocycles. The van der Waals surface area contributed by atoms with Gasteiger partial charge in [-0.3, -0.25) is 5.32 Å². The van der Waals surface area contributed by atoms with E-state index in [0.29, 0.717) is 23.8 Å². The first-order valence-electron chi connectivity index (χ1n) is 6.60. The summed E-state index contributed by atoms with van der Waals surface area (Å²) in [6.07, 6.45) is 1.82. The Kier molecular flexibility index (Phi) is 4.57. The molecule has 1 heterocycles. The highest BCUT2D eigenvalue weighted by Gasteiger charge is 2.30. The first-order valence-corrected chi connectivity index (χ1v) is 6.60. The van der Waals surface area contributed by atoms with Gasteiger partial charge < -0.3 is 10.1 Å². The van der Waals surface area contributed by atoms with Crippen molar-refractivity contribution in [1.29, 1.82) is 5.26 Å². The van der Waals surface area contributed by atoms with Gasteiger partial charge in [0.2, 0.25) is 5.96 Å². The maximum atomic E-state index is 12.2. The quantitative estimate of drug-likeness (QED) is 0.500. The van der Waals surface area contributed by atoms with Crippen LogP contribution in [0.2, 0.25) is 0 Å². The summed E-state index contributed by atoms with van der Waals surface area (Å²) in [6, 6.07) is 8.92. The van der Waals surface area contributed by atoms with Crippen LogP contribution < -0.4 is 10.6 Å². The van der Waals surface area contributed by atoms with E-state index < -0.39 is 12.0 Å². The molecule has 0 aliphatic carbocycles. The molecule has 2 rings (SSSR count). The number of nitrogens with zero attached hydrogens (tertiary/aromatic N) is 2. The molecule has 6 nitrogen and oxygen atoms in total. The molecule has 0 bridgehead atoms. The van der Waals surface area contributed by atoms with Crippen molar-refractivity contribution in [3.8, 4) is 6.19 Å². The van der Waals surface area contributed by atoms with Gasteiger partial charge in [0.05, 0.1) is 12.2 Å². The van der Waals surface area contributed by atoms with Crippen molar-refractivity contribution in [2.45, 2.75) is 19.9 Å². The molecule has 1 aliphatic heterocycles. The number of carbonyl (C=O) groups is 1. The van der Waals surface area contributed by atoms with Crippen molar-refractivity contribution in [1.82, 2.24) is 10.6 Å². The summed E-state index contributed by atoms with van der Waals surface area (Å²) in [5, 5.41) is 14.1. The van der Waals surface area contributed by atoms with E-state index in [1.807, 2.05) is 36.5 Å². The molecule has 0 radical (unpaired) electrons. The molecule has 0 unspecified atom stereocenters. The molecule has 1 aromatic carbocycles. The number of hydrogen-bond acceptors (Lipinski definition) is 6. The number of nitriles is 1. The molecule has 0 spiro atoms. The SMILES string of the molecule is CCOC(=O)C1=C(C)NC(NC#N)=N[C@H]1c1ccccc1. The molecule has 0 fully saturated rings. The maximum absolute atomic E-state index is 12.2. The third-order valence-corrected chi connectivity index (χ3v) is 3.03. The Morgan fingerprint density at radius 3 is 2.81 bits per heavy atom. The van der Waals surface area contributed by atoms with Crippen molar-refractivity contribution >= 4 is 11.9 Å². The second-order valence-corrected chi connectivity index (χ2v) is 4.41. The van der Waals surface area contributed by atoms with Crippen LogP contribution in [0.4, 0.5) is 0 Å². The minimum Gasteiger partial charge on any atom is -0.463 e. The number of aliphatic imine (C=N–C) groups is 1. The Morgan fingerprint density at radius 1 is 1.48 bits per heavy atom. The lowest BCUT2D eigenvalue weighted by molar-refractivity contribution is -0.138. The standard InChI is InChI=1S/C15H16N4O2/c1-3-21-14(20)12-10(2)18-15(17-9-16)19-13(12)11-7-5-4-6-8-11/h4-8,13H,3H2,1-2H3,(H2,17,18,19)/t13-/m0/s1. The maximum Gasteiger partial charge on any atom is 0.338 e. The summed E-state index contributed by atoms with van der Waals surface area (Å²) in [4.78, 5) is 16.6. The van der Waals surface area contributed by atoms with Gasteiger partial charge in [-0.15, -0.1) is 0 Å². The van der Waals surface area contributed by atoms with Crippen molar-refractivity contribution in [2.24, 2.45) is 4.99 Å². The molecule has 0 aromatic heterocycles. The number of nitrogens with one attached hydrogen (secondary N) is 2. The first-order chi connectivity index (χ1) is 10.2. The Hall–Kier alpha value is -2.81. The number of rotatable bonds is 3. The monoisotopic (exact) mass is 284 g/mol. The van der Waals surface area contributed by atoms with Gasteiger partial charge in [-0.2, -0.15) is 5.26 Å². The normalized spacial score (nSPS) is 17.4. The van der Waals surface area contributed by atoms with Crippen LogP contribution in [0, 0.1) is 11.5 Å². The van der Waals surface area contributed by atoms with Gasteiger partial charge in [0.15, 0.2) is 6.19 Å². The molecular weight excluding hydrogens is 268 g/mol. The Morgan fingerprint density at radius 2 is 2.19 bits per heavy atom. The lowest BCUT2D eigenvalue weighted by Crippen LogP contribution is -2.39. The van der Waals surface area contributed by atoms with Gasteiger partial charge in [-0.1, -0.05) is 30.3 Å². The predicted molar refractivity (Wildman–Crippen MR) is 77.8 cm³/mol. The van der Waals surface area contributed by atoms with Crippen LogP contribution >= 0.6 is 0 Å². The predicted octanol–water partition coefficient (Wildman–Crippen LogP) is 1.59. The topological polar surface area (TPSA) is 86.5 Å². The van der Waals surface area contributed by atoms with Gasteiger partial charge >= 0.3 is 5.97 Å². The van der Waals surface area contributed by atoms with Crippen LogP contribution in [0.1, 0.15) is 25.5 Å². The van der Waals surface area contributed by atoms with E-state index in [-0.39, 0.29) is 0 Å². The molecule has 0 amide bonds. The number of hydrogen-bond donors (Lipinski definition) is 2. The highest BCUT2D eigenvalue weighted by Crippen LogP contribution is 2.30. The zero-order valence-corrected chi connectivity index (χ0v) is 11.9. The van der Waals surface area contributed by atoms with Crippen LogP contribution in [-0.2, 0) is 9.53 Å². The smallest absolute Gasteiger partial charge is 0.338 e. The minimum atomic E-state index is -0.498. The number of benzene rings is 1. The Labute approximate surface area is 123 Å². The largest absolute Gasteiger partial charge is 0.463 e. The lowest BCUT2D eigenvalue weighted by atomic mass is 9.96. The second kappa shape index (κ2) is 6.57. The summed E-state index contributed by atoms with van der Waals surface area (Å²) in [5.41, 5.74) is 1.93. The lowest BCUT2D eigenvalue weighted by Gasteiger charge is -2.25. The fourth-order valence-electron chi connectivity index (χ4n) is 2.14. The minimum absolute atomic E-state index is 0.296. The fraction of sp³-hybridized carbons (Fsp3) is 0.267. The van der Waals surface area contributed by atoms with Crippen LogP contribution in [-0.4, -0.2) is 18.5 Å². The van der Waals surface area contributed by atoms with E-state index in [9.17, 15) is 4.79 Å². The summed E-state index contributed by atoms with van der Waals surface area (Å²) in [5.74, 6) is -0.0898. The highest BCUT2D eigenvalue weighted by atomic mass is 16.5. The van der Waals surface area contributed by atoms with Crippen LogP contribution in [0.25, 0.3) is 0 Å². The van der Waals surface area contributed by atoms with Gasteiger partial charge in [-0.05, 0) is 19.4 Å². The zero-order chi connectivity index (χ0) is 15.2. The fourth-order valence-corrected chi connectivity index (χ4v) is 2.14. The Balaban J connectivity index is 2.44. The van der Waals surface area contributed by atoms with Crippen LogP contribution in [0.15, 0.2) is 46.6 Å². The number of ether oxygens (including phenoxy) is 1. The number of allylic oxidation sites excluding steroid dienone is 1. The summed E-state index contributed by atoms with van der Waals surface area (Å²) in [6.45, 7) is 3.81. The highest BCUT2D eigenvalue weighted by molar-refractivity contribution is 5.95. The molecule has 1 aliphatic rings. The number of esters is 1. The van der Waals surface area contributed by atoms with Gasteiger partial charge in [0, 0.05) is 5.70 Å². The van der Waals surface area contributed by atoms with E-state index in [1.165, 1.54) is 0 Å². The summed E-state index contributed by atoms with van der Waals surface area (Å²) >= 11 is 0. The number of guanidine groups is 1. The van der Waals surface area contributed by atoms with Gasteiger partial charge in [0.1, 0.15) is 6.04 Å². The molecule has 21 heavy (non-hydrogen) atoms. The van der Waals surface area contributed by atoms with Crippen molar-refractivity contribution in [3.05, 3.63) is 47.2 Å². The van der Waals surface area contributed by atoms with Gasteiger partial charge in [0.25, 0.3) is 0 Å². The van der Waals surface area contributed by atoms with Gasteiger partial charge in [-0.25, -0.2) is 9.79 Å². The summed E-state index contributed by atoms with van der Waals surface area (Å²) < 4.78 is 5.11. The van der Waals surface area contributed by atoms with E-state index in [0.717, 1.165) is 5.56 Å². The van der Waals surface area contributed by atoms with E-state index in [2.05, 4.69) is 15.6 Å². The third kappa shape index (κ3) is 3.20. The van der Waals surface area contributed by atoms with Crippen molar-refractivity contribution in [3.63, 3.8) is 0 Å². The van der Waals surface area contributed by atoms with Crippen molar-refractivity contribution in [2.75, 3.05) is 6.61 Å². The first kappa shape index (κ1) is 14.6. The molecule has 1 aromatic rings. The molecular formula is C15H16N4O2.